The number of Topliss-reactive ketones (excluding diaryl/α,β-unsaturated/α-hetero) is 1. The molecule has 0 spiro atoms. The Kier molecular flexibility index (Phi) is 5.99. The van der Waals surface area contributed by atoms with E-state index in [1.807, 2.05) is 0 Å². The largest absolute Gasteiger partial charge is 0.382 e. The zero-order valence-electron chi connectivity index (χ0n) is 10.7. The molecular weight excluding hydrogens is 204 g/mol. The maximum absolute atomic E-state index is 11.9. The van der Waals surface area contributed by atoms with Crippen LogP contribution >= 0.6 is 0 Å². The highest BCUT2D eigenvalue weighted by Crippen LogP contribution is 2.33. The van der Waals surface area contributed by atoms with E-state index < -0.39 is 0 Å². The molecule has 94 valence electrons. The van der Waals surface area contributed by atoms with Crippen LogP contribution < -0.4 is 0 Å². The number of rotatable bonds is 6. The SMILES string of the molecule is COCCOCC(=O)C1CC(C)CC(C)C1. The number of ketones is 1. The summed E-state index contributed by atoms with van der Waals surface area (Å²) in [6, 6.07) is 0. The third kappa shape index (κ3) is 4.62. The predicted octanol–water partition coefficient (Wildman–Crippen LogP) is 2.29. The first-order valence-electron chi connectivity index (χ1n) is 6.22. The van der Waals surface area contributed by atoms with Crippen molar-refractivity contribution < 1.29 is 14.3 Å². The zero-order valence-corrected chi connectivity index (χ0v) is 10.7. The highest BCUT2D eigenvalue weighted by molar-refractivity contribution is 5.82. The predicted molar refractivity (Wildman–Crippen MR) is 63.4 cm³/mol. The topological polar surface area (TPSA) is 35.5 Å². The van der Waals surface area contributed by atoms with Crippen molar-refractivity contribution in [1.29, 1.82) is 0 Å². The van der Waals surface area contributed by atoms with Gasteiger partial charge in [0.05, 0.1) is 13.2 Å². The quantitative estimate of drug-likeness (QED) is 0.654. The van der Waals surface area contributed by atoms with Gasteiger partial charge in [0.2, 0.25) is 0 Å². The second-order valence-electron chi connectivity index (χ2n) is 5.13. The maximum Gasteiger partial charge on any atom is 0.161 e. The van der Waals surface area contributed by atoms with Crippen molar-refractivity contribution >= 4 is 5.78 Å². The lowest BCUT2D eigenvalue weighted by Gasteiger charge is -2.30. The molecule has 0 aromatic heterocycles. The minimum absolute atomic E-state index is 0.223. The van der Waals surface area contributed by atoms with Crippen LogP contribution in [0.5, 0.6) is 0 Å². The average molecular weight is 228 g/mol. The lowest BCUT2D eigenvalue weighted by Crippen LogP contribution is -2.28. The van der Waals surface area contributed by atoms with Gasteiger partial charge in [-0.1, -0.05) is 13.8 Å². The Hall–Kier alpha value is -0.410. The number of hydrogen-bond acceptors (Lipinski definition) is 3. The Morgan fingerprint density at radius 1 is 1.12 bits per heavy atom. The molecule has 16 heavy (non-hydrogen) atoms. The fourth-order valence-electron chi connectivity index (χ4n) is 2.64. The van der Waals surface area contributed by atoms with E-state index in [1.54, 1.807) is 7.11 Å². The Balaban J connectivity index is 2.24. The second-order valence-corrected chi connectivity index (χ2v) is 5.13. The lowest BCUT2D eigenvalue weighted by atomic mass is 9.75. The standard InChI is InChI=1S/C13H24O3/c1-10-6-11(2)8-12(7-10)13(14)9-16-5-4-15-3/h10-12H,4-9H2,1-3H3. The monoisotopic (exact) mass is 228 g/mol. The minimum atomic E-state index is 0.223. The van der Waals surface area contributed by atoms with Crippen LogP contribution in [0.15, 0.2) is 0 Å². The molecule has 0 heterocycles. The maximum atomic E-state index is 11.9. The fourth-order valence-corrected chi connectivity index (χ4v) is 2.64. The zero-order chi connectivity index (χ0) is 12.0. The van der Waals surface area contributed by atoms with E-state index >= 15 is 0 Å². The van der Waals surface area contributed by atoms with Gasteiger partial charge in [0, 0.05) is 13.0 Å². The summed E-state index contributed by atoms with van der Waals surface area (Å²) in [5.74, 6) is 1.85. The number of hydrogen-bond donors (Lipinski definition) is 0. The molecule has 3 nitrogen and oxygen atoms in total. The summed E-state index contributed by atoms with van der Waals surface area (Å²) in [6.45, 7) is 5.81. The van der Waals surface area contributed by atoms with E-state index in [9.17, 15) is 4.79 Å². The molecule has 0 bridgehead atoms. The van der Waals surface area contributed by atoms with Gasteiger partial charge in [-0.05, 0) is 31.1 Å². The van der Waals surface area contributed by atoms with Gasteiger partial charge >= 0.3 is 0 Å². The molecule has 2 atom stereocenters. The van der Waals surface area contributed by atoms with Gasteiger partial charge in [0.1, 0.15) is 6.61 Å². The third-order valence-corrected chi connectivity index (χ3v) is 3.31. The summed E-state index contributed by atoms with van der Waals surface area (Å²) in [6.07, 6.45) is 3.34. The number of methoxy groups -OCH3 is 1. The molecule has 0 aliphatic heterocycles. The Morgan fingerprint density at radius 2 is 1.75 bits per heavy atom. The summed E-state index contributed by atoms with van der Waals surface area (Å²) >= 11 is 0. The van der Waals surface area contributed by atoms with Crippen molar-refractivity contribution in [2.75, 3.05) is 26.9 Å². The van der Waals surface area contributed by atoms with Crippen molar-refractivity contribution in [1.82, 2.24) is 0 Å². The Bertz CT molecular complexity index is 205. The molecule has 3 heteroatoms. The van der Waals surface area contributed by atoms with Gasteiger partial charge in [-0.2, -0.15) is 0 Å². The van der Waals surface area contributed by atoms with Crippen LogP contribution in [0.3, 0.4) is 0 Å². The van der Waals surface area contributed by atoms with Crippen LogP contribution in [0, 0.1) is 17.8 Å². The number of ether oxygens (including phenoxy) is 2. The van der Waals surface area contributed by atoms with Gasteiger partial charge in [-0.15, -0.1) is 0 Å². The summed E-state index contributed by atoms with van der Waals surface area (Å²) in [7, 11) is 1.63. The molecule has 0 aromatic rings. The second kappa shape index (κ2) is 7.02. The average Bonchev–Trinajstić information content (AvgIpc) is 2.22. The summed E-state index contributed by atoms with van der Waals surface area (Å²) in [5.41, 5.74) is 0. The molecule has 0 N–H and O–H groups in total. The summed E-state index contributed by atoms with van der Waals surface area (Å²) < 4.78 is 10.2. The van der Waals surface area contributed by atoms with Crippen LogP contribution in [-0.2, 0) is 14.3 Å². The molecule has 1 aliphatic carbocycles. The van der Waals surface area contributed by atoms with E-state index in [1.165, 1.54) is 6.42 Å². The van der Waals surface area contributed by atoms with E-state index in [-0.39, 0.29) is 18.3 Å². The van der Waals surface area contributed by atoms with E-state index in [2.05, 4.69) is 13.8 Å². The minimum Gasteiger partial charge on any atom is -0.382 e. The molecule has 0 aromatic carbocycles. The van der Waals surface area contributed by atoms with Gasteiger partial charge in [-0.25, -0.2) is 0 Å². The van der Waals surface area contributed by atoms with Crippen molar-refractivity contribution in [3.8, 4) is 0 Å². The molecule has 1 aliphatic rings. The van der Waals surface area contributed by atoms with Crippen LogP contribution in [-0.4, -0.2) is 32.7 Å². The highest BCUT2D eigenvalue weighted by Gasteiger charge is 2.28. The highest BCUT2D eigenvalue weighted by atomic mass is 16.5. The summed E-state index contributed by atoms with van der Waals surface area (Å²) in [4.78, 5) is 11.9. The third-order valence-electron chi connectivity index (χ3n) is 3.31. The molecule has 0 saturated heterocycles. The van der Waals surface area contributed by atoms with Crippen molar-refractivity contribution in [2.24, 2.45) is 17.8 Å². The molecule has 0 radical (unpaired) electrons. The molecule has 2 unspecified atom stereocenters. The van der Waals surface area contributed by atoms with Crippen molar-refractivity contribution in [3.63, 3.8) is 0 Å². The van der Waals surface area contributed by atoms with Crippen LogP contribution in [0.25, 0.3) is 0 Å². The smallest absolute Gasteiger partial charge is 0.161 e. The molecule has 1 rings (SSSR count). The van der Waals surface area contributed by atoms with Crippen molar-refractivity contribution in [3.05, 3.63) is 0 Å². The van der Waals surface area contributed by atoms with Crippen LogP contribution in [0.4, 0.5) is 0 Å². The Morgan fingerprint density at radius 3 is 2.31 bits per heavy atom. The lowest BCUT2D eigenvalue weighted by molar-refractivity contribution is -0.129. The van der Waals surface area contributed by atoms with Crippen molar-refractivity contribution in [2.45, 2.75) is 33.1 Å². The number of carbonyl (C=O) groups is 1. The van der Waals surface area contributed by atoms with E-state index in [4.69, 9.17) is 9.47 Å². The van der Waals surface area contributed by atoms with Gasteiger partial charge < -0.3 is 9.47 Å². The first kappa shape index (κ1) is 13.7. The van der Waals surface area contributed by atoms with Crippen LogP contribution in [0.1, 0.15) is 33.1 Å². The van der Waals surface area contributed by atoms with Gasteiger partial charge in [0.15, 0.2) is 5.78 Å². The molecule has 1 fully saturated rings. The Labute approximate surface area is 98.5 Å². The normalized spacial score (nSPS) is 30.3. The van der Waals surface area contributed by atoms with E-state index in [0.29, 0.717) is 25.0 Å². The molecular formula is C13H24O3. The number of carbonyl (C=O) groups excluding carboxylic acids is 1. The summed E-state index contributed by atoms with van der Waals surface area (Å²) in [5, 5.41) is 0. The van der Waals surface area contributed by atoms with Gasteiger partial charge in [-0.3, -0.25) is 4.79 Å². The molecule has 0 amide bonds. The first-order valence-corrected chi connectivity index (χ1v) is 6.22. The fraction of sp³-hybridized carbons (Fsp3) is 0.923. The molecule has 1 saturated carbocycles. The van der Waals surface area contributed by atoms with E-state index in [0.717, 1.165) is 12.8 Å². The first-order chi connectivity index (χ1) is 7.63. The van der Waals surface area contributed by atoms with Gasteiger partial charge in [0.25, 0.3) is 0 Å². The van der Waals surface area contributed by atoms with Crippen LogP contribution in [0.2, 0.25) is 0 Å².